The Labute approximate surface area is 183 Å². The van der Waals surface area contributed by atoms with Crippen LogP contribution in [0.25, 0.3) is 0 Å². The van der Waals surface area contributed by atoms with Crippen LogP contribution in [0.1, 0.15) is 39.6 Å². The van der Waals surface area contributed by atoms with Gasteiger partial charge in [-0.2, -0.15) is 0 Å². The Kier molecular flexibility index (Phi) is 6.00. The smallest absolute Gasteiger partial charge is 0.225 e. The lowest BCUT2D eigenvalue weighted by atomic mass is 9.81. The van der Waals surface area contributed by atoms with Gasteiger partial charge in [-0.05, 0) is 44.0 Å². The Morgan fingerprint density at radius 1 is 0.935 bits per heavy atom. The van der Waals surface area contributed by atoms with Crippen molar-refractivity contribution in [3.8, 4) is 17.2 Å². The molecule has 166 valence electrons. The highest BCUT2D eigenvalue weighted by Crippen LogP contribution is 2.43. The minimum atomic E-state index is -0.0108. The molecular weight excluding hydrogens is 396 g/mol. The standard InChI is InChI=1S/C23H30N4O4/c1-14-21-17(25-23(24-14)27-8-6-26(2)7-9-27)10-15(11-18(21)28)16-12-19(29-3)22(31-5)20(13-16)30-4/h12-13,15H,6-11H2,1-5H3/t15-/m1/s1. The number of Topliss-reactive ketones (excluding diaryl/α,β-unsaturated/α-hetero) is 1. The zero-order valence-corrected chi connectivity index (χ0v) is 18.9. The van der Waals surface area contributed by atoms with Crippen LogP contribution in [-0.4, -0.2) is 75.2 Å². The number of rotatable bonds is 5. The fraction of sp³-hybridized carbons (Fsp3) is 0.522. The number of nitrogens with zero attached hydrogens (tertiary/aromatic N) is 4. The Morgan fingerprint density at radius 3 is 2.16 bits per heavy atom. The summed E-state index contributed by atoms with van der Waals surface area (Å²) in [7, 11) is 6.90. The number of aromatic nitrogens is 2. The zero-order chi connectivity index (χ0) is 22.1. The molecule has 0 bridgehead atoms. The summed E-state index contributed by atoms with van der Waals surface area (Å²) >= 11 is 0. The average Bonchev–Trinajstić information content (AvgIpc) is 2.77. The molecule has 4 rings (SSSR count). The van der Waals surface area contributed by atoms with Crippen LogP contribution >= 0.6 is 0 Å². The summed E-state index contributed by atoms with van der Waals surface area (Å²) in [5.41, 5.74) is 3.26. The molecule has 2 aromatic rings. The number of aryl methyl sites for hydroxylation is 1. The number of benzene rings is 1. The molecule has 0 N–H and O–H groups in total. The lowest BCUT2D eigenvalue weighted by Crippen LogP contribution is -2.45. The number of hydrogen-bond acceptors (Lipinski definition) is 8. The summed E-state index contributed by atoms with van der Waals surface area (Å²) in [6.07, 6.45) is 1.08. The molecule has 1 fully saturated rings. The molecule has 8 heteroatoms. The van der Waals surface area contributed by atoms with E-state index >= 15 is 0 Å². The van der Waals surface area contributed by atoms with Crippen molar-refractivity contribution in [2.24, 2.45) is 0 Å². The fourth-order valence-electron chi connectivity index (χ4n) is 4.48. The van der Waals surface area contributed by atoms with Crippen molar-refractivity contribution >= 4 is 11.7 Å². The van der Waals surface area contributed by atoms with Crippen molar-refractivity contribution in [2.75, 3.05) is 59.5 Å². The molecule has 2 heterocycles. The predicted octanol–water partition coefficient (Wildman–Crippen LogP) is 2.48. The van der Waals surface area contributed by atoms with Gasteiger partial charge in [-0.3, -0.25) is 4.79 Å². The SMILES string of the molecule is COc1cc([C@H]2CC(=O)c3c(C)nc(N4CCN(C)CC4)nc3C2)cc(OC)c1OC. The lowest BCUT2D eigenvalue weighted by Gasteiger charge is -2.33. The van der Waals surface area contributed by atoms with Crippen LogP contribution < -0.4 is 19.1 Å². The van der Waals surface area contributed by atoms with E-state index in [2.05, 4.69) is 21.8 Å². The first-order valence-corrected chi connectivity index (χ1v) is 10.6. The van der Waals surface area contributed by atoms with Gasteiger partial charge in [0.1, 0.15) is 0 Å². The average molecular weight is 427 g/mol. The molecule has 31 heavy (non-hydrogen) atoms. The maximum Gasteiger partial charge on any atom is 0.225 e. The molecule has 1 aromatic heterocycles. The van der Waals surface area contributed by atoms with E-state index in [9.17, 15) is 4.79 Å². The Hall–Kier alpha value is -2.87. The van der Waals surface area contributed by atoms with Crippen molar-refractivity contribution < 1.29 is 19.0 Å². The number of piperazine rings is 1. The van der Waals surface area contributed by atoms with E-state index in [0.29, 0.717) is 35.7 Å². The highest BCUT2D eigenvalue weighted by atomic mass is 16.5. The molecule has 1 aromatic carbocycles. The molecule has 0 unspecified atom stereocenters. The Morgan fingerprint density at radius 2 is 1.58 bits per heavy atom. The Bertz CT molecular complexity index is 961. The van der Waals surface area contributed by atoms with E-state index in [4.69, 9.17) is 19.2 Å². The highest BCUT2D eigenvalue weighted by Gasteiger charge is 2.32. The third kappa shape index (κ3) is 4.04. The monoisotopic (exact) mass is 426 g/mol. The summed E-state index contributed by atoms with van der Waals surface area (Å²) in [4.78, 5) is 27.1. The molecule has 0 radical (unpaired) electrons. The van der Waals surface area contributed by atoms with Crippen LogP contribution in [0.2, 0.25) is 0 Å². The van der Waals surface area contributed by atoms with Crippen molar-refractivity contribution in [2.45, 2.75) is 25.7 Å². The number of methoxy groups -OCH3 is 3. The first kappa shape index (κ1) is 21.4. The van der Waals surface area contributed by atoms with Crippen molar-refractivity contribution in [3.63, 3.8) is 0 Å². The quantitative estimate of drug-likeness (QED) is 0.722. The number of fused-ring (bicyclic) bond motifs is 1. The normalized spacial score (nSPS) is 19.2. The van der Waals surface area contributed by atoms with Gasteiger partial charge in [-0.1, -0.05) is 0 Å². The molecule has 2 aliphatic rings. The summed E-state index contributed by atoms with van der Waals surface area (Å²) in [6, 6.07) is 3.86. The number of likely N-dealkylation sites (N-methyl/N-ethyl adjacent to an activating group) is 1. The van der Waals surface area contributed by atoms with Gasteiger partial charge in [0.25, 0.3) is 0 Å². The van der Waals surface area contributed by atoms with Crippen LogP contribution in [0.15, 0.2) is 12.1 Å². The maximum absolute atomic E-state index is 13.1. The summed E-state index contributed by atoms with van der Waals surface area (Å²) < 4.78 is 16.5. The van der Waals surface area contributed by atoms with Gasteiger partial charge in [0.05, 0.1) is 38.3 Å². The summed E-state index contributed by atoms with van der Waals surface area (Å²) in [6.45, 7) is 5.65. The predicted molar refractivity (Wildman–Crippen MR) is 118 cm³/mol. The van der Waals surface area contributed by atoms with Crippen LogP contribution in [0.3, 0.4) is 0 Å². The molecule has 8 nitrogen and oxygen atoms in total. The van der Waals surface area contributed by atoms with E-state index in [1.165, 1.54) is 0 Å². The van der Waals surface area contributed by atoms with Crippen molar-refractivity contribution in [1.82, 2.24) is 14.9 Å². The van der Waals surface area contributed by atoms with Crippen LogP contribution in [0.4, 0.5) is 5.95 Å². The van der Waals surface area contributed by atoms with E-state index in [0.717, 1.165) is 49.1 Å². The first-order chi connectivity index (χ1) is 14.9. The van der Waals surface area contributed by atoms with Crippen LogP contribution in [0, 0.1) is 6.92 Å². The molecule has 0 spiro atoms. The molecule has 0 saturated carbocycles. The van der Waals surface area contributed by atoms with Crippen molar-refractivity contribution in [3.05, 3.63) is 34.6 Å². The maximum atomic E-state index is 13.1. The number of carbonyl (C=O) groups excluding carboxylic acids is 1. The second kappa shape index (κ2) is 8.70. The molecule has 1 atom stereocenters. The number of anilines is 1. The minimum absolute atomic E-state index is 0.0108. The van der Waals surface area contributed by atoms with Gasteiger partial charge in [0.2, 0.25) is 11.7 Å². The number of hydrogen-bond donors (Lipinski definition) is 0. The molecule has 0 amide bonds. The number of ether oxygens (including phenoxy) is 3. The second-order valence-electron chi connectivity index (χ2n) is 8.21. The minimum Gasteiger partial charge on any atom is -0.493 e. The fourth-order valence-corrected chi connectivity index (χ4v) is 4.48. The first-order valence-electron chi connectivity index (χ1n) is 10.6. The van der Waals surface area contributed by atoms with E-state index in [-0.39, 0.29) is 11.7 Å². The molecular formula is C23H30N4O4. The van der Waals surface area contributed by atoms with E-state index in [1.54, 1.807) is 21.3 Å². The zero-order valence-electron chi connectivity index (χ0n) is 18.9. The van der Waals surface area contributed by atoms with Crippen LogP contribution in [-0.2, 0) is 6.42 Å². The third-order valence-corrected chi connectivity index (χ3v) is 6.25. The molecule has 1 saturated heterocycles. The summed E-state index contributed by atoms with van der Waals surface area (Å²) in [5, 5.41) is 0. The second-order valence-corrected chi connectivity index (χ2v) is 8.21. The van der Waals surface area contributed by atoms with E-state index < -0.39 is 0 Å². The van der Waals surface area contributed by atoms with Gasteiger partial charge in [0.15, 0.2) is 17.3 Å². The summed E-state index contributed by atoms with van der Waals surface area (Å²) in [5.74, 6) is 2.53. The lowest BCUT2D eigenvalue weighted by molar-refractivity contribution is 0.0961. The van der Waals surface area contributed by atoms with Crippen molar-refractivity contribution in [1.29, 1.82) is 0 Å². The largest absolute Gasteiger partial charge is 0.493 e. The van der Waals surface area contributed by atoms with Crippen LogP contribution in [0.5, 0.6) is 17.2 Å². The molecule has 1 aliphatic heterocycles. The topological polar surface area (TPSA) is 77.0 Å². The highest BCUT2D eigenvalue weighted by molar-refractivity contribution is 5.99. The van der Waals surface area contributed by atoms with E-state index in [1.807, 2.05) is 19.1 Å². The van der Waals surface area contributed by atoms with Gasteiger partial charge >= 0.3 is 0 Å². The number of carbonyl (C=O) groups is 1. The van der Waals surface area contributed by atoms with Gasteiger partial charge < -0.3 is 24.0 Å². The molecule has 1 aliphatic carbocycles. The van der Waals surface area contributed by atoms with Gasteiger partial charge in [-0.15, -0.1) is 0 Å². The van der Waals surface area contributed by atoms with Gasteiger partial charge in [-0.25, -0.2) is 9.97 Å². The van der Waals surface area contributed by atoms with Gasteiger partial charge in [0, 0.05) is 32.6 Å². The Balaban J connectivity index is 1.68. The number of ketones is 1. The third-order valence-electron chi connectivity index (χ3n) is 6.25.